The van der Waals surface area contributed by atoms with E-state index in [-0.39, 0.29) is 5.82 Å². The van der Waals surface area contributed by atoms with E-state index in [0.717, 1.165) is 10.6 Å². The molecule has 0 saturated heterocycles. The molecule has 0 N–H and O–H groups in total. The highest BCUT2D eigenvalue weighted by molar-refractivity contribution is 9.10. The summed E-state index contributed by atoms with van der Waals surface area (Å²) in [4.78, 5) is 9.32. The van der Waals surface area contributed by atoms with Crippen molar-refractivity contribution in [3.05, 3.63) is 51.2 Å². The van der Waals surface area contributed by atoms with Crippen molar-refractivity contribution in [3.8, 4) is 0 Å². The van der Waals surface area contributed by atoms with E-state index >= 15 is 0 Å². The molecule has 18 heavy (non-hydrogen) atoms. The number of aryl methyl sites for hydroxylation is 1. The minimum absolute atomic E-state index is 0.245. The monoisotopic (exact) mass is 346 g/mol. The second-order valence-corrected chi connectivity index (χ2v) is 5.78. The maximum atomic E-state index is 13.0. The molecule has 0 atom stereocenters. The van der Waals surface area contributed by atoms with E-state index in [0.29, 0.717) is 21.2 Å². The van der Waals surface area contributed by atoms with Crippen molar-refractivity contribution in [2.45, 2.75) is 17.6 Å². The van der Waals surface area contributed by atoms with Crippen molar-refractivity contribution < 1.29 is 4.39 Å². The lowest BCUT2D eigenvalue weighted by atomic mass is 10.4. The predicted octanol–water partition coefficient (Wildman–Crippen LogP) is 4.63. The van der Waals surface area contributed by atoms with Gasteiger partial charge in [0.05, 0.1) is 15.9 Å². The van der Waals surface area contributed by atoms with Crippen LogP contribution in [-0.2, 0) is 5.75 Å². The van der Waals surface area contributed by atoms with Gasteiger partial charge in [-0.3, -0.25) is 0 Å². The molecule has 0 spiro atoms. The Hall–Kier alpha value is -0.650. The van der Waals surface area contributed by atoms with Crippen molar-refractivity contribution in [3.63, 3.8) is 0 Å². The van der Waals surface area contributed by atoms with Crippen LogP contribution in [0.4, 0.5) is 4.39 Å². The maximum absolute atomic E-state index is 13.0. The van der Waals surface area contributed by atoms with Crippen LogP contribution in [-0.4, -0.2) is 9.97 Å². The first-order valence-corrected chi connectivity index (χ1v) is 7.29. The van der Waals surface area contributed by atoms with Crippen LogP contribution < -0.4 is 0 Å². The van der Waals surface area contributed by atoms with Crippen LogP contribution in [0.2, 0.25) is 5.15 Å². The van der Waals surface area contributed by atoms with E-state index in [1.807, 2.05) is 13.0 Å². The van der Waals surface area contributed by atoms with E-state index < -0.39 is 0 Å². The standard InChI is InChI=1S/C12H9BrClFN2S/c1-7-11(13)12(14)17-10(16-7)6-18-9-4-2-3-8(15)5-9/h2-5H,6H2,1H3. The molecule has 1 aromatic heterocycles. The molecular formula is C12H9BrClFN2S. The van der Waals surface area contributed by atoms with Crippen LogP contribution in [0.1, 0.15) is 11.5 Å². The second-order valence-electron chi connectivity index (χ2n) is 3.58. The highest BCUT2D eigenvalue weighted by Crippen LogP contribution is 2.26. The smallest absolute Gasteiger partial charge is 0.147 e. The normalized spacial score (nSPS) is 10.7. The average Bonchev–Trinajstić information content (AvgIpc) is 2.33. The summed E-state index contributed by atoms with van der Waals surface area (Å²) in [5, 5.41) is 0.400. The van der Waals surface area contributed by atoms with Crippen molar-refractivity contribution in [1.29, 1.82) is 0 Å². The number of thioether (sulfide) groups is 1. The van der Waals surface area contributed by atoms with Gasteiger partial charge in [0.1, 0.15) is 16.8 Å². The van der Waals surface area contributed by atoms with E-state index in [4.69, 9.17) is 11.6 Å². The number of hydrogen-bond acceptors (Lipinski definition) is 3. The molecule has 2 nitrogen and oxygen atoms in total. The van der Waals surface area contributed by atoms with E-state index in [1.165, 1.54) is 23.9 Å². The van der Waals surface area contributed by atoms with Gasteiger partial charge in [0.15, 0.2) is 0 Å². The number of benzene rings is 1. The predicted molar refractivity (Wildman–Crippen MR) is 75.4 cm³/mol. The van der Waals surface area contributed by atoms with Crippen LogP contribution in [0, 0.1) is 12.7 Å². The molecule has 1 aromatic carbocycles. The van der Waals surface area contributed by atoms with E-state index in [2.05, 4.69) is 25.9 Å². The van der Waals surface area contributed by atoms with Gasteiger partial charge in [-0.25, -0.2) is 14.4 Å². The molecule has 0 radical (unpaired) electrons. The second kappa shape index (κ2) is 5.99. The van der Waals surface area contributed by atoms with Gasteiger partial charge >= 0.3 is 0 Å². The summed E-state index contributed by atoms with van der Waals surface area (Å²) in [6, 6.07) is 6.43. The van der Waals surface area contributed by atoms with Gasteiger partial charge in [0.25, 0.3) is 0 Å². The summed E-state index contributed by atoms with van der Waals surface area (Å²) in [6.07, 6.45) is 0. The quantitative estimate of drug-likeness (QED) is 0.598. The zero-order valence-corrected chi connectivity index (χ0v) is 12.6. The van der Waals surface area contributed by atoms with Crippen molar-refractivity contribution in [1.82, 2.24) is 9.97 Å². The van der Waals surface area contributed by atoms with E-state index in [9.17, 15) is 4.39 Å². The van der Waals surface area contributed by atoms with Crippen LogP contribution in [0.3, 0.4) is 0 Å². The highest BCUT2D eigenvalue weighted by Gasteiger charge is 2.07. The SMILES string of the molecule is Cc1nc(CSc2cccc(F)c2)nc(Cl)c1Br. The Morgan fingerprint density at radius 2 is 2.17 bits per heavy atom. The van der Waals surface area contributed by atoms with Gasteiger partial charge in [0, 0.05) is 4.90 Å². The van der Waals surface area contributed by atoms with Gasteiger partial charge in [-0.15, -0.1) is 11.8 Å². The van der Waals surface area contributed by atoms with Gasteiger partial charge in [0.2, 0.25) is 0 Å². The summed E-state index contributed by atoms with van der Waals surface area (Å²) in [6.45, 7) is 1.86. The molecule has 2 aromatic rings. The largest absolute Gasteiger partial charge is 0.236 e. The fourth-order valence-corrected chi connectivity index (χ4v) is 2.56. The maximum Gasteiger partial charge on any atom is 0.147 e. The third-order valence-corrected chi connectivity index (χ3v) is 4.63. The van der Waals surface area contributed by atoms with Crippen molar-refractivity contribution >= 4 is 39.3 Å². The Labute approximate surface area is 122 Å². The lowest BCUT2D eigenvalue weighted by Crippen LogP contribution is -1.97. The topological polar surface area (TPSA) is 25.8 Å². The van der Waals surface area contributed by atoms with Crippen LogP contribution in [0.5, 0.6) is 0 Å². The Bertz CT molecular complexity index is 557. The van der Waals surface area contributed by atoms with Crippen LogP contribution in [0.15, 0.2) is 33.6 Å². The third-order valence-electron chi connectivity index (χ3n) is 2.19. The Morgan fingerprint density at radius 3 is 2.83 bits per heavy atom. The molecule has 0 aliphatic rings. The summed E-state index contributed by atoms with van der Waals surface area (Å²) in [7, 11) is 0. The van der Waals surface area contributed by atoms with Crippen molar-refractivity contribution in [2.24, 2.45) is 0 Å². The minimum Gasteiger partial charge on any atom is -0.236 e. The first-order valence-electron chi connectivity index (χ1n) is 5.13. The van der Waals surface area contributed by atoms with Crippen LogP contribution in [0.25, 0.3) is 0 Å². The molecule has 0 fully saturated rings. The molecule has 0 aliphatic carbocycles. The third kappa shape index (κ3) is 3.43. The number of aromatic nitrogens is 2. The first-order chi connectivity index (χ1) is 8.56. The molecule has 6 heteroatoms. The summed E-state index contributed by atoms with van der Waals surface area (Å²) >= 11 is 10.7. The molecule has 2 rings (SSSR count). The number of halogens is 3. The van der Waals surface area contributed by atoms with Gasteiger partial charge in [-0.05, 0) is 41.1 Å². The van der Waals surface area contributed by atoms with Gasteiger partial charge < -0.3 is 0 Å². The number of hydrogen-bond donors (Lipinski definition) is 0. The summed E-state index contributed by atoms with van der Waals surface area (Å²) in [5.74, 6) is 0.943. The van der Waals surface area contributed by atoms with Crippen molar-refractivity contribution in [2.75, 3.05) is 0 Å². The molecule has 94 valence electrons. The Balaban J connectivity index is 2.11. The van der Waals surface area contributed by atoms with Gasteiger partial charge in [-0.2, -0.15) is 0 Å². The minimum atomic E-state index is -0.245. The lowest BCUT2D eigenvalue weighted by molar-refractivity contribution is 0.624. The molecular weight excluding hydrogens is 339 g/mol. The zero-order valence-electron chi connectivity index (χ0n) is 9.45. The number of nitrogens with zero attached hydrogens (tertiary/aromatic N) is 2. The van der Waals surface area contributed by atoms with Gasteiger partial charge in [-0.1, -0.05) is 17.7 Å². The molecule has 0 aliphatic heterocycles. The average molecular weight is 348 g/mol. The molecule has 0 bridgehead atoms. The zero-order chi connectivity index (χ0) is 13.1. The molecule has 0 saturated carbocycles. The Kier molecular flexibility index (Phi) is 4.59. The highest BCUT2D eigenvalue weighted by atomic mass is 79.9. The lowest BCUT2D eigenvalue weighted by Gasteiger charge is -2.05. The summed E-state index contributed by atoms with van der Waals surface area (Å²) in [5.41, 5.74) is 0.796. The first kappa shape index (κ1) is 13.8. The fraction of sp³-hybridized carbons (Fsp3) is 0.167. The fourth-order valence-electron chi connectivity index (χ4n) is 1.35. The Morgan fingerprint density at radius 1 is 1.39 bits per heavy atom. The molecule has 0 amide bonds. The number of rotatable bonds is 3. The van der Waals surface area contributed by atoms with Crippen LogP contribution >= 0.6 is 39.3 Å². The summed E-state index contributed by atoms with van der Waals surface area (Å²) < 4.78 is 13.7. The molecule has 1 heterocycles. The van der Waals surface area contributed by atoms with E-state index in [1.54, 1.807) is 6.07 Å². The molecule has 0 unspecified atom stereocenters.